The fraction of sp³-hybridized carbons (Fsp3) is 0.214. The number of thioether (sulfide) groups is 1. The van der Waals surface area contributed by atoms with Crippen LogP contribution in [0.3, 0.4) is 0 Å². The summed E-state index contributed by atoms with van der Waals surface area (Å²) < 4.78 is 12.9. The van der Waals surface area contributed by atoms with Crippen molar-refractivity contribution in [3.8, 4) is 34.0 Å². The highest BCUT2D eigenvalue weighted by molar-refractivity contribution is 7.99. The van der Waals surface area contributed by atoms with Gasteiger partial charge in [-0.05, 0) is 73.7 Å². The first-order chi connectivity index (χ1) is 18.0. The molecular formula is C28H29ClN4O3S. The fourth-order valence-electron chi connectivity index (χ4n) is 3.88. The minimum atomic E-state index is -0.278. The number of nitrogens with one attached hydrogen (secondary N) is 2. The van der Waals surface area contributed by atoms with Gasteiger partial charge in [0.1, 0.15) is 11.5 Å². The summed E-state index contributed by atoms with van der Waals surface area (Å²) in [5.41, 5.74) is 4.62. The maximum Gasteiger partial charge on any atom is 0.319 e. The molecule has 0 aliphatic heterocycles. The van der Waals surface area contributed by atoms with Gasteiger partial charge in [-0.2, -0.15) is 0 Å². The van der Waals surface area contributed by atoms with Gasteiger partial charge < -0.3 is 24.7 Å². The summed E-state index contributed by atoms with van der Waals surface area (Å²) in [4.78, 5) is 17.3. The molecule has 4 rings (SSSR count). The first kappa shape index (κ1) is 26.4. The van der Waals surface area contributed by atoms with Gasteiger partial charge in [0.15, 0.2) is 5.16 Å². The Labute approximate surface area is 226 Å². The predicted molar refractivity (Wildman–Crippen MR) is 151 cm³/mol. The van der Waals surface area contributed by atoms with Crippen LogP contribution in [0.4, 0.5) is 10.5 Å². The number of anilines is 1. The number of rotatable bonds is 10. The Morgan fingerprint density at radius 3 is 2.22 bits per heavy atom. The largest absolute Gasteiger partial charge is 0.497 e. The standard InChI is InChI=1S/C28H29ClN4O3S/c1-4-33-26(20-10-14-24(36-3)15-11-20)25(19-8-12-23(35-2)13-9-19)32-28(33)37-17-16-30-27(34)31-22-7-5-6-21(29)18-22/h5-15,18H,4,16-17H2,1-3H3,(H2,30,31,34). The molecule has 0 atom stereocenters. The number of hydrogen-bond acceptors (Lipinski definition) is 5. The fourth-order valence-corrected chi connectivity index (χ4v) is 4.99. The zero-order chi connectivity index (χ0) is 26.2. The van der Waals surface area contributed by atoms with Crippen LogP contribution in [0.25, 0.3) is 22.5 Å². The van der Waals surface area contributed by atoms with Crippen molar-refractivity contribution in [2.24, 2.45) is 0 Å². The van der Waals surface area contributed by atoms with Crippen LogP contribution in [0.15, 0.2) is 78.0 Å². The van der Waals surface area contributed by atoms with Crippen molar-refractivity contribution in [3.05, 3.63) is 77.8 Å². The van der Waals surface area contributed by atoms with Crippen molar-refractivity contribution in [2.75, 3.05) is 31.8 Å². The minimum Gasteiger partial charge on any atom is -0.497 e. The molecular weight excluding hydrogens is 508 g/mol. The number of imidazole rings is 1. The van der Waals surface area contributed by atoms with Crippen LogP contribution in [-0.4, -0.2) is 42.1 Å². The lowest BCUT2D eigenvalue weighted by atomic mass is 10.0. The van der Waals surface area contributed by atoms with E-state index in [9.17, 15) is 4.79 Å². The van der Waals surface area contributed by atoms with Gasteiger partial charge in [0, 0.05) is 40.7 Å². The van der Waals surface area contributed by atoms with Crippen LogP contribution in [-0.2, 0) is 6.54 Å². The molecule has 1 aromatic heterocycles. The number of amides is 2. The number of ether oxygens (including phenoxy) is 2. The van der Waals surface area contributed by atoms with Gasteiger partial charge in [-0.3, -0.25) is 0 Å². The molecule has 0 spiro atoms. The van der Waals surface area contributed by atoms with Gasteiger partial charge in [0.25, 0.3) is 0 Å². The Morgan fingerprint density at radius 1 is 0.973 bits per heavy atom. The first-order valence-corrected chi connectivity index (χ1v) is 13.2. The molecule has 7 nitrogen and oxygen atoms in total. The van der Waals surface area contributed by atoms with Crippen molar-refractivity contribution in [3.63, 3.8) is 0 Å². The Hall–Kier alpha value is -3.62. The molecule has 0 aliphatic rings. The molecule has 4 aromatic rings. The molecule has 0 unspecified atom stereocenters. The molecule has 192 valence electrons. The summed E-state index contributed by atoms with van der Waals surface area (Å²) in [6.45, 7) is 3.33. The van der Waals surface area contributed by atoms with Crippen molar-refractivity contribution < 1.29 is 14.3 Å². The molecule has 0 saturated heterocycles. The predicted octanol–water partition coefficient (Wildman–Crippen LogP) is 6.82. The summed E-state index contributed by atoms with van der Waals surface area (Å²) in [6, 6.07) is 22.7. The second-order valence-corrected chi connectivity index (χ2v) is 9.53. The molecule has 0 radical (unpaired) electrons. The van der Waals surface area contributed by atoms with E-state index >= 15 is 0 Å². The number of carbonyl (C=O) groups is 1. The highest BCUT2D eigenvalue weighted by atomic mass is 35.5. The van der Waals surface area contributed by atoms with Gasteiger partial charge >= 0.3 is 6.03 Å². The summed E-state index contributed by atoms with van der Waals surface area (Å²) in [7, 11) is 3.31. The lowest BCUT2D eigenvalue weighted by Crippen LogP contribution is -2.30. The number of hydrogen-bond donors (Lipinski definition) is 2. The number of urea groups is 1. The Kier molecular flexibility index (Phi) is 8.98. The van der Waals surface area contributed by atoms with E-state index in [0.717, 1.165) is 45.7 Å². The van der Waals surface area contributed by atoms with E-state index in [1.54, 1.807) is 50.2 Å². The third-order valence-electron chi connectivity index (χ3n) is 5.68. The van der Waals surface area contributed by atoms with E-state index in [0.29, 0.717) is 23.0 Å². The molecule has 0 bridgehead atoms. The van der Waals surface area contributed by atoms with Crippen LogP contribution in [0, 0.1) is 0 Å². The minimum absolute atomic E-state index is 0.278. The molecule has 0 fully saturated rings. The van der Waals surface area contributed by atoms with E-state index in [-0.39, 0.29) is 6.03 Å². The molecule has 1 heterocycles. The van der Waals surface area contributed by atoms with Gasteiger partial charge in [0.05, 0.1) is 25.6 Å². The summed E-state index contributed by atoms with van der Waals surface area (Å²) in [6.07, 6.45) is 0. The topological polar surface area (TPSA) is 77.4 Å². The van der Waals surface area contributed by atoms with Gasteiger partial charge in [-0.15, -0.1) is 0 Å². The zero-order valence-corrected chi connectivity index (χ0v) is 22.5. The lowest BCUT2D eigenvalue weighted by molar-refractivity contribution is 0.252. The first-order valence-electron chi connectivity index (χ1n) is 11.8. The molecule has 0 aliphatic carbocycles. The van der Waals surface area contributed by atoms with E-state index in [2.05, 4.69) is 22.1 Å². The third-order valence-corrected chi connectivity index (χ3v) is 6.89. The van der Waals surface area contributed by atoms with E-state index in [1.807, 2.05) is 48.5 Å². The van der Waals surface area contributed by atoms with E-state index < -0.39 is 0 Å². The highest BCUT2D eigenvalue weighted by Gasteiger charge is 2.20. The van der Waals surface area contributed by atoms with Crippen molar-refractivity contribution >= 4 is 35.1 Å². The third kappa shape index (κ3) is 6.58. The van der Waals surface area contributed by atoms with Gasteiger partial charge in [0.2, 0.25) is 0 Å². The summed E-state index contributed by atoms with van der Waals surface area (Å²) >= 11 is 7.59. The highest BCUT2D eigenvalue weighted by Crippen LogP contribution is 2.37. The molecule has 2 amide bonds. The van der Waals surface area contributed by atoms with Crippen molar-refractivity contribution in [1.82, 2.24) is 14.9 Å². The maximum absolute atomic E-state index is 12.3. The zero-order valence-electron chi connectivity index (χ0n) is 21.0. The Morgan fingerprint density at radius 2 is 1.62 bits per heavy atom. The second kappa shape index (κ2) is 12.6. The van der Waals surface area contributed by atoms with Crippen molar-refractivity contribution in [2.45, 2.75) is 18.6 Å². The molecule has 3 aromatic carbocycles. The van der Waals surface area contributed by atoms with Crippen LogP contribution >= 0.6 is 23.4 Å². The molecule has 9 heteroatoms. The summed E-state index contributed by atoms with van der Waals surface area (Å²) in [5, 5.41) is 7.14. The van der Waals surface area contributed by atoms with Crippen LogP contribution in [0.5, 0.6) is 11.5 Å². The number of methoxy groups -OCH3 is 2. The number of benzene rings is 3. The number of nitrogens with zero attached hydrogens (tertiary/aromatic N) is 2. The quantitative estimate of drug-likeness (QED) is 0.172. The van der Waals surface area contributed by atoms with Crippen LogP contribution in [0.2, 0.25) is 5.02 Å². The molecule has 2 N–H and O–H groups in total. The second-order valence-electron chi connectivity index (χ2n) is 8.03. The van der Waals surface area contributed by atoms with Crippen LogP contribution < -0.4 is 20.1 Å². The Balaban J connectivity index is 1.53. The smallest absolute Gasteiger partial charge is 0.319 e. The normalized spacial score (nSPS) is 10.7. The van der Waals surface area contributed by atoms with Gasteiger partial charge in [-0.1, -0.05) is 29.4 Å². The SMILES string of the molecule is CCn1c(SCCNC(=O)Nc2cccc(Cl)c2)nc(-c2ccc(OC)cc2)c1-c1ccc(OC)cc1. The number of halogens is 1. The maximum atomic E-state index is 12.3. The van der Waals surface area contributed by atoms with Gasteiger partial charge in [-0.25, -0.2) is 9.78 Å². The monoisotopic (exact) mass is 536 g/mol. The van der Waals surface area contributed by atoms with Crippen LogP contribution in [0.1, 0.15) is 6.92 Å². The molecule has 0 saturated carbocycles. The number of aromatic nitrogens is 2. The van der Waals surface area contributed by atoms with E-state index in [4.69, 9.17) is 26.1 Å². The summed E-state index contributed by atoms with van der Waals surface area (Å²) in [5.74, 6) is 2.25. The Bertz CT molecular complexity index is 1340. The van der Waals surface area contributed by atoms with Crippen molar-refractivity contribution in [1.29, 1.82) is 0 Å². The molecule has 37 heavy (non-hydrogen) atoms. The average molecular weight is 537 g/mol. The average Bonchev–Trinajstić information content (AvgIpc) is 3.29. The number of carbonyl (C=O) groups excluding carboxylic acids is 1. The lowest BCUT2D eigenvalue weighted by Gasteiger charge is -2.12. The van der Waals surface area contributed by atoms with E-state index in [1.165, 1.54) is 0 Å².